The van der Waals surface area contributed by atoms with Crippen LogP contribution >= 0.6 is 0 Å². The van der Waals surface area contributed by atoms with Gasteiger partial charge in [-0.25, -0.2) is 0 Å². The SMILES string of the molecule is C=CC1CN(S(=O)(=O)c2ccc(C)cc2)C(C[Se]c2ccccc2)O1. The number of benzene rings is 2. The summed E-state index contributed by atoms with van der Waals surface area (Å²) in [5.41, 5.74) is 1.03. The molecule has 0 spiro atoms. The second-order valence-corrected chi connectivity index (χ2v) is 10.1. The van der Waals surface area contributed by atoms with Gasteiger partial charge < -0.3 is 0 Å². The molecule has 0 saturated carbocycles. The third kappa shape index (κ3) is 4.22. The van der Waals surface area contributed by atoms with E-state index in [-0.39, 0.29) is 21.1 Å². The first kappa shape index (κ1) is 18.4. The van der Waals surface area contributed by atoms with Crippen LogP contribution in [0, 0.1) is 6.92 Å². The fourth-order valence-corrected chi connectivity index (χ4v) is 6.36. The molecule has 0 amide bonds. The Labute approximate surface area is 155 Å². The van der Waals surface area contributed by atoms with Gasteiger partial charge in [-0.3, -0.25) is 0 Å². The van der Waals surface area contributed by atoms with Crippen LogP contribution in [0.2, 0.25) is 5.32 Å². The summed E-state index contributed by atoms with van der Waals surface area (Å²) < 4.78 is 34.7. The molecule has 6 heteroatoms. The molecule has 0 bridgehead atoms. The summed E-state index contributed by atoms with van der Waals surface area (Å²) in [6.45, 7) is 6.01. The third-order valence-corrected chi connectivity index (χ3v) is 8.13. The second-order valence-electron chi connectivity index (χ2n) is 5.88. The number of sulfonamides is 1. The first-order valence-electron chi connectivity index (χ1n) is 8.05. The van der Waals surface area contributed by atoms with Gasteiger partial charge in [-0.05, 0) is 0 Å². The average molecular weight is 422 g/mol. The predicted octanol–water partition coefficient (Wildman–Crippen LogP) is 2.34. The van der Waals surface area contributed by atoms with Gasteiger partial charge >= 0.3 is 156 Å². The molecule has 1 aliphatic rings. The maximum absolute atomic E-state index is 13.0. The van der Waals surface area contributed by atoms with E-state index in [1.165, 1.54) is 8.77 Å². The topological polar surface area (TPSA) is 46.6 Å². The number of hydrogen-bond acceptors (Lipinski definition) is 3. The van der Waals surface area contributed by atoms with Gasteiger partial charge in [-0.1, -0.05) is 0 Å². The molecular formula is C19H21NO3SSe. The van der Waals surface area contributed by atoms with E-state index < -0.39 is 16.3 Å². The second kappa shape index (κ2) is 7.85. The molecular weight excluding hydrogens is 401 g/mol. The van der Waals surface area contributed by atoms with Gasteiger partial charge in [-0.2, -0.15) is 0 Å². The van der Waals surface area contributed by atoms with Crippen LogP contribution in [0.25, 0.3) is 0 Å². The molecule has 3 rings (SSSR count). The maximum atomic E-state index is 13.0. The first-order chi connectivity index (χ1) is 12.0. The monoisotopic (exact) mass is 423 g/mol. The number of nitrogens with zero attached hydrogens (tertiary/aromatic N) is 1. The average Bonchev–Trinajstić information content (AvgIpc) is 3.05. The van der Waals surface area contributed by atoms with E-state index in [2.05, 4.69) is 18.7 Å². The van der Waals surface area contributed by atoms with E-state index in [4.69, 9.17) is 4.74 Å². The molecule has 1 heterocycles. The van der Waals surface area contributed by atoms with Crippen LogP contribution in [0.15, 0.2) is 72.1 Å². The van der Waals surface area contributed by atoms with Crippen molar-refractivity contribution in [2.75, 3.05) is 6.54 Å². The summed E-state index contributed by atoms with van der Waals surface area (Å²) in [4.78, 5) is 0.309. The van der Waals surface area contributed by atoms with Crippen molar-refractivity contribution in [3.63, 3.8) is 0 Å². The van der Waals surface area contributed by atoms with E-state index in [1.54, 1.807) is 18.2 Å². The Morgan fingerprint density at radius 2 is 1.88 bits per heavy atom. The van der Waals surface area contributed by atoms with E-state index in [1.807, 2.05) is 37.3 Å². The Hall–Kier alpha value is -1.43. The Bertz CT molecular complexity index is 822. The van der Waals surface area contributed by atoms with Crippen LogP contribution in [0.4, 0.5) is 0 Å². The fourth-order valence-electron chi connectivity index (χ4n) is 2.64. The van der Waals surface area contributed by atoms with Gasteiger partial charge in [0.1, 0.15) is 0 Å². The van der Waals surface area contributed by atoms with E-state index in [0.29, 0.717) is 16.8 Å². The normalized spacial score (nSPS) is 21.3. The molecule has 0 N–H and O–H groups in total. The molecule has 2 aromatic carbocycles. The summed E-state index contributed by atoms with van der Waals surface area (Å²) in [6.07, 6.45) is 0.957. The van der Waals surface area contributed by atoms with Gasteiger partial charge in [0.2, 0.25) is 0 Å². The van der Waals surface area contributed by atoms with Crippen molar-refractivity contribution in [1.29, 1.82) is 0 Å². The number of aryl methyl sites for hydroxylation is 1. The standard InChI is InChI=1S/C19H21NO3SSe/c1-3-16-13-20(24(21,22)17-11-9-15(2)10-12-17)19(23-16)14-25-18-7-5-4-6-8-18/h3-12,16,19H,1,13-14H2,2H3. The number of rotatable bonds is 6. The summed E-state index contributed by atoms with van der Waals surface area (Å²) in [5.74, 6) is 0. The molecule has 0 aromatic heterocycles. The van der Waals surface area contributed by atoms with E-state index >= 15 is 0 Å². The van der Waals surface area contributed by atoms with Crippen molar-refractivity contribution >= 4 is 29.4 Å². The van der Waals surface area contributed by atoms with Crippen LogP contribution in [0.1, 0.15) is 5.56 Å². The first-order valence-corrected chi connectivity index (χ1v) is 11.6. The minimum atomic E-state index is -3.58. The van der Waals surface area contributed by atoms with Gasteiger partial charge in [0.05, 0.1) is 0 Å². The van der Waals surface area contributed by atoms with Gasteiger partial charge in [-0.15, -0.1) is 0 Å². The molecule has 4 nitrogen and oxygen atoms in total. The van der Waals surface area contributed by atoms with Crippen LogP contribution in [0.3, 0.4) is 0 Å². The Kier molecular flexibility index (Phi) is 5.77. The van der Waals surface area contributed by atoms with Gasteiger partial charge in [0.15, 0.2) is 0 Å². The molecule has 2 aromatic rings. The Balaban J connectivity index is 1.81. The van der Waals surface area contributed by atoms with Crippen LogP contribution < -0.4 is 4.46 Å². The predicted molar refractivity (Wildman–Crippen MR) is 101 cm³/mol. The minimum absolute atomic E-state index is 0.142. The van der Waals surface area contributed by atoms with Crippen LogP contribution in [-0.4, -0.2) is 46.6 Å². The van der Waals surface area contributed by atoms with E-state index in [0.717, 1.165) is 5.56 Å². The molecule has 1 saturated heterocycles. The summed E-state index contributed by atoms with van der Waals surface area (Å²) >= 11 is 0.142. The van der Waals surface area contributed by atoms with Crippen molar-refractivity contribution in [2.24, 2.45) is 0 Å². The summed E-state index contributed by atoms with van der Waals surface area (Å²) in [7, 11) is -3.58. The number of hydrogen-bond donors (Lipinski definition) is 0. The molecule has 1 fully saturated rings. The quantitative estimate of drug-likeness (QED) is 0.531. The molecule has 132 valence electrons. The van der Waals surface area contributed by atoms with Crippen molar-refractivity contribution in [3.8, 4) is 0 Å². The van der Waals surface area contributed by atoms with Crippen LogP contribution in [-0.2, 0) is 14.8 Å². The fraction of sp³-hybridized carbons (Fsp3) is 0.263. The molecule has 2 atom stereocenters. The van der Waals surface area contributed by atoms with Crippen LogP contribution in [0.5, 0.6) is 0 Å². The molecule has 2 unspecified atom stereocenters. The van der Waals surface area contributed by atoms with Gasteiger partial charge in [0.25, 0.3) is 0 Å². The number of ether oxygens (including phenoxy) is 1. The molecule has 25 heavy (non-hydrogen) atoms. The van der Waals surface area contributed by atoms with Crippen molar-refractivity contribution in [1.82, 2.24) is 4.31 Å². The molecule has 0 aliphatic carbocycles. The van der Waals surface area contributed by atoms with Crippen molar-refractivity contribution in [2.45, 2.75) is 29.5 Å². The Morgan fingerprint density at radius 1 is 1.20 bits per heavy atom. The third-order valence-electron chi connectivity index (χ3n) is 4.04. The van der Waals surface area contributed by atoms with Gasteiger partial charge in [0, 0.05) is 0 Å². The van der Waals surface area contributed by atoms with Crippen molar-refractivity contribution in [3.05, 3.63) is 72.8 Å². The molecule has 0 radical (unpaired) electrons. The van der Waals surface area contributed by atoms with Crippen molar-refractivity contribution < 1.29 is 13.2 Å². The zero-order valence-corrected chi connectivity index (χ0v) is 16.6. The summed E-state index contributed by atoms with van der Waals surface area (Å²) in [5, 5.41) is 0.673. The molecule has 1 aliphatic heterocycles. The zero-order chi connectivity index (χ0) is 17.9. The van der Waals surface area contributed by atoms with E-state index in [9.17, 15) is 8.42 Å². The summed E-state index contributed by atoms with van der Waals surface area (Å²) in [6, 6.07) is 17.1. The Morgan fingerprint density at radius 3 is 2.52 bits per heavy atom. The zero-order valence-electron chi connectivity index (χ0n) is 14.0.